The third-order valence-corrected chi connectivity index (χ3v) is 3.34. The summed E-state index contributed by atoms with van der Waals surface area (Å²) in [6.45, 7) is 1.55. The van der Waals surface area contributed by atoms with Crippen LogP contribution in [0.15, 0.2) is 54.6 Å². The zero-order valence-electron chi connectivity index (χ0n) is 12.1. The molecule has 5 heteroatoms. The number of amides is 1. The number of carbonyl (C=O) groups excluding carboxylic acids is 2. The number of carbonyl (C=O) groups is 2. The van der Waals surface area contributed by atoms with E-state index in [0.717, 1.165) is 5.56 Å². The van der Waals surface area contributed by atoms with Crippen molar-refractivity contribution in [3.05, 3.63) is 70.7 Å². The lowest BCUT2D eigenvalue weighted by molar-refractivity contribution is -0.124. The van der Waals surface area contributed by atoms with Crippen molar-refractivity contribution in [1.82, 2.24) is 5.32 Å². The molecule has 22 heavy (non-hydrogen) atoms. The smallest absolute Gasteiger partial charge is 0.338 e. The predicted molar refractivity (Wildman–Crippen MR) is 84.7 cm³/mol. The molecule has 0 fully saturated rings. The maximum Gasteiger partial charge on any atom is 0.338 e. The first-order valence-corrected chi connectivity index (χ1v) is 7.21. The summed E-state index contributed by atoms with van der Waals surface area (Å²) in [6.07, 6.45) is 0. The van der Waals surface area contributed by atoms with Gasteiger partial charge in [-0.15, -0.1) is 0 Å². The van der Waals surface area contributed by atoms with E-state index in [1.54, 1.807) is 24.3 Å². The molecule has 1 atom stereocenters. The van der Waals surface area contributed by atoms with E-state index in [1.165, 1.54) is 0 Å². The molecule has 0 aromatic heterocycles. The van der Waals surface area contributed by atoms with Gasteiger partial charge in [0, 0.05) is 5.02 Å². The summed E-state index contributed by atoms with van der Waals surface area (Å²) in [5.74, 6) is -0.905. The van der Waals surface area contributed by atoms with Gasteiger partial charge in [0.05, 0.1) is 11.6 Å². The summed E-state index contributed by atoms with van der Waals surface area (Å²) in [7, 11) is 0. The lowest BCUT2D eigenvalue weighted by Crippen LogP contribution is -2.31. The monoisotopic (exact) mass is 317 g/mol. The molecular formula is C17H16ClNO3. The van der Waals surface area contributed by atoms with Gasteiger partial charge < -0.3 is 10.1 Å². The maximum atomic E-state index is 11.8. The minimum absolute atomic E-state index is 0.150. The summed E-state index contributed by atoms with van der Waals surface area (Å²) in [4.78, 5) is 23.6. The number of hydrogen-bond acceptors (Lipinski definition) is 3. The van der Waals surface area contributed by atoms with Crippen molar-refractivity contribution < 1.29 is 14.3 Å². The fourth-order valence-electron chi connectivity index (χ4n) is 1.91. The number of nitrogens with one attached hydrogen (secondary N) is 1. The van der Waals surface area contributed by atoms with Gasteiger partial charge in [0.2, 0.25) is 0 Å². The SMILES string of the molecule is CC(NC(=O)COC(=O)c1ccc(Cl)cc1)c1ccccc1. The van der Waals surface area contributed by atoms with Gasteiger partial charge in [0.15, 0.2) is 6.61 Å². The first-order valence-electron chi connectivity index (χ1n) is 6.83. The topological polar surface area (TPSA) is 55.4 Å². The number of hydrogen-bond donors (Lipinski definition) is 1. The largest absolute Gasteiger partial charge is 0.452 e. The zero-order chi connectivity index (χ0) is 15.9. The molecule has 1 unspecified atom stereocenters. The number of benzene rings is 2. The molecule has 0 aliphatic rings. The van der Waals surface area contributed by atoms with Crippen molar-refractivity contribution in [1.29, 1.82) is 0 Å². The summed E-state index contributed by atoms with van der Waals surface area (Å²) in [6, 6.07) is 15.7. The van der Waals surface area contributed by atoms with Crippen LogP contribution in [0.3, 0.4) is 0 Å². The number of rotatable bonds is 5. The fraction of sp³-hybridized carbons (Fsp3) is 0.176. The molecule has 0 saturated carbocycles. The number of halogens is 1. The highest BCUT2D eigenvalue weighted by Crippen LogP contribution is 2.12. The van der Waals surface area contributed by atoms with Crippen LogP contribution in [0, 0.1) is 0 Å². The van der Waals surface area contributed by atoms with E-state index in [2.05, 4.69) is 5.32 Å². The highest BCUT2D eigenvalue weighted by atomic mass is 35.5. The van der Waals surface area contributed by atoms with Gasteiger partial charge in [-0.25, -0.2) is 4.79 Å². The van der Waals surface area contributed by atoms with E-state index in [1.807, 2.05) is 37.3 Å². The molecular weight excluding hydrogens is 302 g/mol. The quantitative estimate of drug-likeness (QED) is 0.860. The van der Waals surface area contributed by atoms with Crippen LogP contribution in [0.5, 0.6) is 0 Å². The van der Waals surface area contributed by atoms with Crippen molar-refractivity contribution in [3.8, 4) is 0 Å². The van der Waals surface area contributed by atoms with Crippen molar-refractivity contribution in [3.63, 3.8) is 0 Å². The van der Waals surface area contributed by atoms with E-state index in [0.29, 0.717) is 10.6 Å². The lowest BCUT2D eigenvalue weighted by atomic mass is 10.1. The normalized spacial score (nSPS) is 11.5. The van der Waals surface area contributed by atoms with E-state index in [-0.39, 0.29) is 18.6 Å². The molecule has 2 rings (SSSR count). The second-order valence-corrected chi connectivity index (χ2v) is 5.22. The molecule has 0 spiro atoms. The summed E-state index contributed by atoms with van der Waals surface area (Å²) in [5.41, 5.74) is 1.34. The Morgan fingerprint density at radius 3 is 2.36 bits per heavy atom. The van der Waals surface area contributed by atoms with Gasteiger partial charge >= 0.3 is 5.97 Å². The van der Waals surface area contributed by atoms with Crippen LogP contribution in [-0.2, 0) is 9.53 Å². The molecule has 4 nitrogen and oxygen atoms in total. The Morgan fingerprint density at radius 1 is 1.09 bits per heavy atom. The Morgan fingerprint density at radius 2 is 1.73 bits per heavy atom. The number of esters is 1. The van der Waals surface area contributed by atoms with Gasteiger partial charge in [-0.05, 0) is 36.8 Å². The highest BCUT2D eigenvalue weighted by molar-refractivity contribution is 6.30. The molecule has 0 radical (unpaired) electrons. The van der Waals surface area contributed by atoms with Crippen molar-refractivity contribution >= 4 is 23.5 Å². The molecule has 1 N–H and O–H groups in total. The minimum Gasteiger partial charge on any atom is -0.452 e. The van der Waals surface area contributed by atoms with Crippen LogP contribution in [0.4, 0.5) is 0 Å². The van der Waals surface area contributed by atoms with Crippen LogP contribution in [0.25, 0.3) is 0 Å². The van der Waals surface area contributed by atoms with Crippen LogP contribution < -0.4 is 5.32 Å². The fourth-order valence-corrected chi connectivity index (χ4v) is 2.03. The van der Waals surface area contributed by atoms with E-state index in [9.17, 15) is 9.59 Å². The van der Waals surface area contributed by atoms with Crippen LogP contribution in [0.2, 0.25) is 5.02 Å². The molecule has 2 aromatic carbocycles. The van der Waals surface area contributed by atoms with Gasteiger partial charge in [0.1, 0.15) is 0 Å². The molecule has 1 amide bonds. The van der Waals surface area contributed by atoms with E-state index < -0.39 is 5.97 Å². The first kappa shape index (κ1) is 16.0. The molecule has 2 aromatic rings. The van der Waals surface area contributed by atoms with Gasteiger partial charge in [-0.2, -0.15) is 0 Å². The Labute approximate surface area is 134 Å². The lowest BCUT2D eigenvalue weighted by Gasteiger charge is -2.14. The zero-order valence-corrected chi connectivity index (χ0v) is 12.8. The van der Waals surface area contributed by atoms with Gasteiger partial charge in [-0.1, -0.05) is 41.9 Å². The van der Waals surface area contributed by atoms with Crippen LogP contribution >= 0.6 is 11.6 Å². The van der Waals surface area contributed by atoms with Gasteiger partial charge in [0.25, 0.3) is 5.91 Å². The Hall–Kier alpha value is -2.33. The highest BCUT2D eigenvalue weighted by Gasteiger charge is 2.12. The van der Waals surface area contributed by atoms with Crippen molar-refractivity contribution in [2.45, 2.75) is 13.0 Å². The summed E-state index contributed by atoms with van der Waals surface area (Å²) < 4.78 is 4.97. The third-order valence-electron chi connectivity index (χ3n) is 3.09. The first-order chi connectivity index (χ1) is 10.6. The Bertz CT molecular complexity index is 641. The third kappa shape index (κ3) is 4.60. The molecule has 114 valence electrons. The van der Waals surface area contributed by atoms with E-state index in [4.69, 9.17) is 16.3 Å². The van der Waals surface area contributed by atoms with Crippen molar-refractivity contribution in [2.24, 2.45) is 0 Å². The van der Waals surface area contributed by atoms with Crippen LogP contribution in [0.1, 0.15) is 28.9 Å². The number of ether oxygens (including phenoxy) is 1. The van der Waals surface area contributed by atoms with Crippen LogP contribution in [-0.4, -0.2) is 18.5 Å². The maximum absolute atomic E-state index is 11.8. The second kappa shape index (κ2) is 7.61. The van der Waals surface area contributed by atoms with Crippen molar-refractivity contribution in [2.75, 3.05) is 6.61 Å². The van der Waals surface area contributed by atoms with E-state index >= 15 is 0 Å². The average molecular weight is 318 g/mol. The predicted octanol–water partition coefficient (Wildman–Crippen LogP) is 3.37. The average Bonchev–Trinajstić information content (AvgIpc) is 2.54. The molecule has 0 bridgehead atoms. The summed E-state index contributed by atoms with van der Waals surface area (Å²) >= 11 is 5.74. The summed E-state index contributed by atoms with van der Waals surface area (Å²) in [5, 5.41) is 3.31. The standard InChI is InChI=1S/C17H16ClNO3/c1-12(13-5-3-2-4-6-13)19-16(20)11-22-17(21)14-7-9-15(18)10-8-14/h2-10,12H,11H2,1H3,(H,19,20). The molecule has 0 aliphatic carbocycles. The molecule has 0 heterocycles. The molecule has 0 saturated heterocycles. The minimum atomic E-state index is -0.556. The van der Waals surface area contributed by atoms with Gasteiger partial charge in [-0.3, -0.25) is 4.79 Å². The Kier molecular flexibility index (Phi) is 5.55. The Balaban J connectivity index is 1.82. The second-order valence-electron chi connectivity index (χ2n) is 4.78. The molecule has 0 aliphatic heterocycles.